The molecule has 0 radical (unpaired) electrons. The van der Waals surface area contributed by atoms with E-state index in [-0.39, 0.29) is 11.9 Å². The van der Waals surface area contributed by atoms with Crippen LogP contribution in [-0.4, -0.2) is 18.4 Å². The third-order valence-electron chi connectivity index (χ3n) is 2.95. The number of rotatable bonds is 2. The predicted octanol–water partition coefficient (Wildman–Crippen LogP) is 2.14. The van der Waals surface area contributed by atoms with Crippen LogP contribution in [0.3, 0.4) is 0 Å². The number of carbonyl (C=O) groups is 2. The number of carbonyl (C=O) groups excluding carboxylic acids is 2. The number of ether oxygens (including phenoxy) is 2. The lowest BCUT2D eigenvalue weighted by atomic mass is 9.99. The summed E-state index contributed by atoms with van der Waals surface area (Å²) in [5.74, 6) is 0.467. The van der Waals surface area contributed by atoms with E-state index in [9.17, 15) is 9.59 Å². The van der Waals surface area contributed by atoms with Crippen molar-refractivity contribution in [2.75, 3.05) is 0 Å². The first-order valence-corrected chi connectivity index (χ1v) is 5.56. The van der Waals surface area contributed by atoms with Crippen molar-refractivity contribution in [3.8, 4) is 11.5 Å². The molecule has 4 nitrogen and oxygen atoms in total. The number of fused-ring (bicyclic) bond motifs is 3. The molecule has 0 N–H and O–H groups in total. The quantitative estimate of drug-likeness (QED) is 0.453. The normalized spacial score (nSPS) is 18.7. The summed E-state index contributed by atoms with van der Waals surface area (Å²) in [4.78, 5) is 22.3. The summed E-state index contributed by atoms with van der Waals surface area (Å²) in [5, 5.41) is 0. The summed E-state index contributed by atoms with van der Waals surface area (Å²) in [6.07, 6.45) is 6.26. The van der Waals surface area contributed by atoms with E-state index in [2.05, 4.69) is 0 Å². The van der Waals surface area contributed by atoms with Gasteiger partial charge >= 0.3 is 5.97 Å². The molecule has 1 heterocycles. The zero-order valence-electron chi connectivity index (χ0n) is 9.67. The highest BCUT2D eigenvalue weighted by Gasteiger charge is 2.32. The molecule has 0 amide bonds. The highest BCUT2D eigenvalue weighted by atomic mass is 16.5. The fraction of sp³-hybridized carbons (Fsp3) is 0.143. The van der Waals surface area contributed by atoms with Crippen LogP contribution in [0.1, 0.15) is 22.8 Å². The van der Waals surface area contributed by atoms with Crippen molar-refractivity contribution >= 4 is 17.8 Å². The van der Waals surface area contributed by atoms with Crippen molar-refractivity contribution in [1.82, 2.24) is 0 Å². The van der Waals surface area contributed by atoms with Gasteiger partial charge in [0.25, 0.3) is 0 Å². The lowest BCUT2D eigenvalue weighted by Crippen LogP contribution is -2.05. The number of hydrogen-bond acceptors (Lipinski definition) is 4. The standard InChI is InChI=1S/C14H10O4/c1-8(16)17-12-5-6-13-14(10(12)7-15)9-3-2-4-11(9)18-13/h2-7,11H,1H3. The fourth-order valence-corrected chi connectivity index (χ4v) is 2.26. The van der Waals surface area contributed by atoms with Gasteiger partial charge in [0, 0.05) is 18.1 Å². The summed E-state index contributed by atoms with van der Waals surface area (Å²) in [6, 6.07) is 3.29. The van der Waals surface area contributed by atoms with Gasteiger partial charge in [-0.15, -0.1) is 0 Å². The van der Waals surface area contributed by atoms with Crippen molar-refractivity contribution in [3.05, 3.63) is 41.5 Å². The molecule has 0 bridgehead atoms. The van der Waals surface area contributed by atoms with Gasteiger partial charge in [-0.05, 0) is 18.2 Å². The van der Waals surface area contributed by atoms with Crippen molar-refractivity contribution in [3.63, 3.8) is 0 Å². The first-order valence-electron chi connectivity index (χ1n) is 5.56. The Labute approximate surface area is 104 Å². The Morgan fingerprint density at radius 2 is 2.28 bits per heavy atom. The Kier molecular flexibility index (Phi) is 2.30. The highest BCUT2D eigenvalue weighted by Crippen LogP contribution is 2.44. The van der Waals surface area contributed by atoms with Crippen LogP contribution in [0.5, 0.6) is 11.5 Å². The summed E-state index contributed by atoms with van der Waals surface area (Å²) in [6.45, 7) is 1.30. The van der Waals surface area contributed by atoms with Gasteiger partial charge in [-0.2, -0.15) is 0 Å². The Morgan fingerprint density at radius 3 is 3.00 bits per heavy atom. The molecule has 1 aromatic carbocycles. The molecule has 3 rings (SSSR count). The summed E-state index contributed by atoms with van der Waals surface area (Å²) in [7, 11) is 0. The molecule has 4 heteroatoms. The average Bonchev–Trinajstić information content (AvgIpc) is 2.88. The Morgan fingerprint density at radius 1 is 1.44 bits per heavy atom. The molecule has 18 heavy (non-hydrogen) atoms. The van der Waals surface area contributed by atoms with Crippen molar-refractivity contribution < 1.29 is 19.1 Å². The molecule has 0 saturated carbocycles. The van der Waals surface area contributed by atoms with E-state index in [0.29, 0.717) is 17.6 Å². The summed E-state index contributed by atoms with van der Waals surface area (Å²) in [5.41, 5.74) is 2.01. The van der Waals surface area contributed by atoms with Gasteiger partial charge in [-0.25, -0.2) is 0 Å². The molecule has 0 saturated heterocycles. The Hall–Kier alpha value is -2.36. The van der Waals surface area contributed by atoms with Crippen LogP contribution in [0.2, 0.25) is 0 Å². The fourth-order valence-electron chi connectivity index (χ4n) is 2.26. The van der Waals surface area contributed by atoms with E-state index in [1.54, 1.807) is 12.1 Å². The molecular weight excluding hydrogens is 232 g/mol. The lowest BCUT2D eigenvalue weighted by molar-refractivity contribution is -0.131. The molecule has 1 aromatic rings. The molecule has 90 valence electrons. The van der Waals surface area contributed by atoms with Crippen LogP contribution in [0.25, 0.3) is 5.57 Å². The predicted molar refractivity (Wildman–Crippen MR) is 64.7 cm³/mol. The van der Waals surface area contributed by atoms with E-state index in [4.69, 9.17) is 9.47 Å². The summed E-state index contributed by atoms with van der Waals surface area (Å²) < 4.78 is 10.7. The first-order chi connectivity index (χ1) is 8.70. The second kappa shape index (κ2) is 3.84. The molecule has 1 aliphatic heterocycles. The molecule has 1 atom stereocenters. The number of allylic oxidation sites excluding steroid dienone is 2. The minimum Gasteiger partial charge on any atom is -0.481 e. The number of aldehydes is 1. The second-order valence-corrected chi connectivity index (χ2v) is 4.11. The number of benzene rings is 1. The van der Waals surface area contributed by atoms with E-state index in [1.807, 2.05) is 18.2 Å². The lowest BCUT2D eigenvalue weighted by Gasteiger charge is -2.08. The molecule has 1 unspecified atom stereocenters. The zero-order valence-corrected chi connectivity index (χ0v) is 9.67. The van der Waals surface area contributed by atoms with Gasteiger partial charge in [0.1, 0.15) is 17.6 Å². The van der Waals surface area contributed by atoms with Gasteiger partial charge in [0.2, 0.25) is 0 Å². The maximum Gasteiger partial charge on any atom is 0.308 e. The van der Waals surface area contributed by atoms with Gasteiger partial charge in [-0.3, -0.25) is 9.59 Å². The monoisotopic (exact) mass is 242 g/mol. The van der Waals surface area contributed by atoms with Gasteiger partial charge < -0.3 is 9.47 Å². The molecule has 2 aliphatic rings. The topological polar surface area (TPSA) is 52.6 Å². The van der Waals surface area contributed by atoms with Crippen LogP contribution in [-0.2, 0) is 4.79 Å². The average molecular weight is 242 g/mol. The zero-order chi connectivity index (χ0) is 12.7. The second-order valence-electron chi connectivity index (χ2n) is 4.11. The maximum atomic E-state index is 11.3. The van der Waals surface area contributed by atoms with Gasteiger partial charge in [0.15, 0.2) is 6.29 Å². The van der Waals surface area contributed by atoms with Crippen molar-refractivity contribution in [1.29, 1.82) is 0 Å². The smallest absolute Gasteiger partial charge is 0.308 e. The summed E-state index contributed by atoms with van der Waals surface area (Å²) >= 11 is 0. The SMILES string of the molecule is CC(=O)Oc1ccc2c(c1C=O)C1=CC=CC1O2. The van der Waals surface area contributed by atoms with Crippen LogP contribution < -0.4 is 9.47 Å². The third-order valence-corrected chi connectivity index (χ3v) is 2.95. The third kappa shape index (κ3) is 1.46. The van der Waals surface area contributed by atoms with Gasteiger partial charge in [0.05, 0.1) is 5.56 Å². The molecule has 1 aliphatic carbocycles. The molecule has 0 spiro atoms. The Balaban J connectivity index is 2.16. The Bertz CT molecular complexity index is 610. The van der Waals surface area contributed by atoms with Crippen molar-refractivity contribution in [2.45, 2.75) is 13.0 Å². The minimum atomic E-state index is -0.452. The van der Waals surface area contributed by atoms with Crippen LogP contribution in [0, 0.1) is 0 Å². The van der Waals surface area contributed by atoms with Crippen LogP contribution in [0.4, 0.5) is 0 Å². The number of esters is 1. The highest BCUT2D eigenvalue weighted by molar-refractivity contribution is 5.96. The van der Waals surface area contributed by atoms with E-state index in [0.717, 1.165) is 11.1 Å². The van der Waals surface area contributed by atoms with Crippen LogP contribution >= 0.6 is 0 Å². The van der Waals surface area contributed by atoms with E-state index < -0.39 is 5.97 Å². The number of hydrogen-bond donors (Lipinski definition) is 0. The van der Waals surface area contributed by atoms with Gasteiger partial charge in [-0.1, -0.05) is 12.2 Å². The maximum absolute atomic E-state index is 11.3. The molecule has 0 aromatic heterocycles. The largest absolute Gasteiger partial charge is 0.481 e. The molecular formula is C14H10O4. The first kappa shape index (κ1) is 10.8. The van der Waals surface area contributed by atoms with E-state index in [1.165, 1.54) is 6.92 Å². The van der Waals surface area contributed by atoms with E-state index >= 15 is 0 Å². The minimum absolute atomic E-state index is 0.133. The van der Waals surface area contributed by atoms with Crippen molar-refractivity contribution in [2.24, 2.45) is 0 Å². The van der Waals surface area contributed by atoms with Crippen LogP contribution in [0.15, 0.2) is 30.4 Å². The molecule has 0 fully saturated rings.